The van der Waals surface area contributed by atoms with Gasteiger partial charge in [0.05, 0.1) is 5.25 Å². The molecule has 1 atom stereocenters. The molecule has 0 saturated carbocycles. The fraction of sp³-hybridized carbons (Fsp3) is 1.00. The van der Waals surface area contributed by atoms with Gasteiger partial charge in [0.2, 0.25) is 10.0 Å². The molecule has 0 amide bonds. The molecule has 1 heterocycles. The van der Waals surface area contributed by atoms with Gasteiger partial charge < -0.3 is 5.32 Å². The summed E-state index contributed by atoms with van der Waals surface area (Å²) in [5, 5.41) is 2.93. The fourth-order valence-electron chi connectivity index (χ4n) is 1.84. The van der Waals surface area contributed by atoms with Crippen LogP contribution in [0.15, 0.2) is 0 Å². The van der Waals surface area contributed by atoms with Gasteiger partial charge in [-0.1, -0.05) is 0 Å². The first-order valence-electron chi connectivity index (χ1n) is 5.65. The first-order chi connectivity index (χ1) is 6.93. The summed E-state index contributed by atoms with van der Waals surface area (Å²) < 4.78 is 26.1. The summed E-state index contributed by atoms with van der Waals surface area (Å²) in [4.78, 5) is 0. The van der Waals surface area contributed by atoms with Gasteiger partial charge in [-0.15, -0.1) is 0 Å². The summed E-state index contributed by atoms with van der Waals surface area (Å²) in [5.74, 6) is 0.472. The third kappa shape index (κ3) is 3.74. The highest BCUT2D eigenvalue weighted by Gasteiger charge is 2.25. The second-order valence-corrected chi connectivity index (χ2v) is 6.86. The maximum Gasteiger partial charge on any atom is 0.214 e. The molecular weight excluding hydrogens is 212 g/mol. The van der Waals surface area contributed by atoms with E-state index in [-0.39, 0.29) is 11.3 Å². The van der Waals surface area contributed by atoms with E-state index in [1.165, 1.54) is 0 Å². The maximum absolute atomic E-state index is 11.7. The van der Waals surface area contributed by atoms with Crippen LogP contribution in [0.2, 0.25) is 0 Å². The third-order valence-corrected chi connectivity index (χ3v) is 5.00. The fourth-order valence-corrected chi connectivity index (χ4v) is 2.82. The van der Waals surface area contributed by atoms with E-state index in [2.05, 4.69) is 10.0 Å². The SMILES string of the molecule is CC(NS(=O)(=O)C(C)C)C1CCNCC1. The lowest BCUT2D eigenvalue weighted by Gasteiger charge is -2.29. The lowest BCUT2D eigenvalue weighted by atomic mass is 9.92. The van der Waals surface area contributed by atoms with Crippen molar-refractivity contribution in [3.05, 3.63) is 0 Å². The highest BCUT2D eigenvalue weighted by molar-refractivity contribution is 7.90. The lowest BCUT2D eigenvalue weighted by molar-refractivity contribution is 0.315. The molecule has 5 heteroatoms. The molecule has 1 aliphatic rings. The zero-order chi connectivity index (χ0) is 11.5. The van der Waals surface area contributed by atoms with Crippen LogP contribution < -0.4 is 10.0 Å². The first kappa shape index (κ1) is 12.9. The van der Waals surface area contributed by atoms with Gasteiger partial charge in [-0.05, 0) is 52.6 Å². The normalized spacial score (nSPS) is 21.9. The van der Waals surface area contributed by atoms with Gasteiger partial charge in [0.15, 0.2) is 0 Å². The average Bonchev–Trinajstić information content (AvgIpc) is 2.18. The van der Waals surface area contributed by atoms with Crippen LogP contribution in [0.4, 0.5) is 0 Å². The Bertz CT molecular complexity index is 282. The Morgan fingerprint density at radius 3 is 2.20 bits per heavy atom. The van der Waals surface area contributed by atoms with Crippen molar-refractivity contribution in [1.29, 1.82) is 0 Å². The van der Waals surface area contributed by atoms with Crippen molar-refractivity contribution in [2.45, 2.75) is 44.9 Å². The molecule has 0 spiro atoms. The van der Waals surface area contributed by atoms with Gasteiger partial charge in [-0.3, -0.25) is 0 Å². The van der Waals surface area contributed by atoms with Gasteiger partial charge in [0, 0.05) is 6.04 Å². The molecule has 0 aromatic heterocycles. The molecule has 0 radical (unpaired) electrons. The minimum atomic E-state index is -3.12. The van der Waals surface area contributed by atoms with Gasteiger partial charge in [-0.2, -0.15) is 0 Å². The molecule has 0 aliphatic carbocycles. The van der Waals surface area contributed by atoms with Crippen molar-refractivity contribution in [1.82, 2.24) is 10.0 Å². The van der Waals surface area contributed by atoms with E-state index in [4.69, 9.17) is 0 Å². The molecule has 1 unspecified atom stereocenters. The molecule has 2 N–H and O–H groups in total. The number of piperidine rings is 1. The zero-order valence-corrected chi connectivity index (χ0v) is 10.6. The number of hydrogen-bond donors (Lipinski definition) is 2. The van der Waals surface area contributed by atoms with E-state index in [0.29, 0.717) is 5.92 Å². The minimum Gasteiger partial charge on any atom is -0.317 e. The summed E-state index contributed by atoms with van der Waals surface area (Å²) in [6.45, 7) is 7.38. The predicted molar refractivity (Wildman–Crippen MR) is 62.2 cm³/mol. The van der Waals surface area contributed by atoms with Crippen LogP contribution in [0.1, 0.15) is 33.6 Å². The van der Waals surface area contributed by atoms with Gasteiger partial charge in [0.25, 0.3) is 0 Å². The quantitative estimate of drug-likeness (QED) is 0.753. The van der Waals surface area contributed by atoms with E-state index < -0.39 is 10.0 Å². The van der Waals surface area contributed by atoms with Crippen molar-refractivity contribution in [3.8, 4) is 0 Å². The number of rotatable bonds is 4. The molecule has 0 aromatic carbocycles. The molecule has 1 aliphatic heterocycles. The molecule has 1 fully saturated rings. The lowest BCUT2D eigenvalue weighted by Crippen LogP contribution is -2.44. The Balaban J connectivity index is 2.50. The van der Waals surface area contributed by atoms with E-state index in [1.807, 2.05) is 6.92 Å². The van der Waals surface area contributed by atoms with Gasteiger partial charge >= 0.3 is 0 Å². The Kier molecular flexibility index (Phi) is 4.55. The van der Waals surface area contributed by atoms with E-state index in [0.717, 1.165) is 25.9 Å². The smallest absolute Gasteiger partial charge is 0.214 e. The van der Waals surface area contributed by atoms with Crippen LogP contribution in [0.3, 0.4) is 0 Å². The standard InChI is InChI=1S/C10H22N2O2S/c1-8(2)15(13,14)12-9(3)10-4-6-11-7-5-10/h8-12H,4-7H2,1-3H3. The first-order valence-corrected chi connectivity index (χ1v) is 7.20. The van der Waals surface area contributed by atoms with Gasteiger partial charge in [-0.25, -0.2) is 13.1 Å². The molecular formula is C10H22N2O2S. The summed E-state index contributed by atoms with van der Waals surface area (Å²) in [6, 6.07) is 0.0551. The van der Waals surface area contributed by atoms with Crippen LogP contribution >= 0.6 is 0 Å². The van der Waals surface area contributed by atoms with Gasteiger partial charge in [0.1, 0.15) is 0 Å². The Morgan fingerprint density at radius 1 is 1.20 bits per heavy atom. The summed E-state index contributed by atoms with van der Waals surface area (Å²) in [7, 11) is -3.12. The summed E-state index contributed by atoms with van der Waals surface area (Å²) >= 11 is 0. The molecule has 1 saturated heterocycles. The van der Waals surface area contributed by atoms with Crippen molar-refractivity contribution in [2.24, 2.45) is 5.92 Å². The minimum absolute atomic E-state index is 0.0551. The third-order valence-electron chi connectivity index (χ3n) is 3.06. The predicted octanol–water partition coefficient (Wildman–Crippen LogP) is 0.702. The highest BCUT2D eigenvalue weighted by atomic mass is 32.2. The van der Waals surface area contributed by atoms with E-state index >= 15 is 0 Å². The summed E-state index contributed by atoms with van der Waals surface area (Å²) in [5.41, 5.74) is 0. The van der Waals surface area contributed by atoms with Crippen molar-refractivity contribution >= 4 is 10.0 Å². The zero-order valence-electron chi connectivity index (χ0n) is 9.79. The van der Waals surface area contributed by atoms with Crippen molar-refractivity contribution in [2.75, 3.05) is 13.1 Å². The topological polar surface area (TPSA) is 58.2 Å². The average molecular weight is 234 g/mol. The Morgan fingerprint density at radius 2 is 1.73 bits per heavy atom. The maximum atomic E-state index is 11.7. The largest absolute Gasteiger partial charge is 0.317 e. The van der Waals surface area contributed by atoms with Crippen LogP contribution in [0, 0.1) is 5.92 Å². The summed E-state index contributed by atoms with van der Waals surface area (Å²) in [6.07, 6.45) is 2.11. The second-order valence-electron chi connectivity index (χ2n) is 4.59. The molecule has 15 heavy (non-hydrogen) atoms. The Hall–Kier alpha value is -0.130. The number of hydrogen-bond acceptors (Lipinski definition) is 3. The molecule has 0 bridgehead atoms. The number of sulfonamides is 1. The van der Waals surface area contributed by atoms with Crippen LogP contribution in [-0.2, 0) is 10.0 Å². The van der Waals surface area contributed by atoms with E-state index in [9.17, 15) is 8.42 Å². The number of nitrogens with one attached hydrogen (secondary N) is 2. The van der Waals surface area contributed by atoms with E-state index in [1.54, 1.807) is 13.8 Å². The van der Waals surface area contributed by atoms with Crippen LogP contribution in [-0.4, -0.2) is 32.8 Å². The van der Waals surface area contributed by atoms with Crippen molar-refractivity contribution < 1.29 is 8.42 Å². The molecule has 0 aromatic rings. The van der Waals surface area contributed by atoms with Crippen molar-refractivity contribution in [3.63, 3.8) is 0 Å². The monoisotopic (exact) mass is 234 g/mol. The Labute approximate surface area is 92.9 Å². The van der Waals surface area contributed by atoms with Crippen LogP contribution in [0.25, 0.3) is 0 Å². The molecule has 1 rings (SSSR count). The molecule has 90 valence electrons. The van der Waals surface area contributed by atoms with Crippen LogP contribution in [0.5, 0.6) is 0 Å². The highest BCUT2D eigenvalue weighted by Crippen LogP contribution is 2.17. The second kappa shape index (κ2) is 5.27. The molecule has 4 nitrogen and oxygen atoms in total.